The van der Waals surface area contributed by atoms with E-state index in [1.807, 2.05) is 19.1 Å². The number of carbonyl (C=O) groups is 1. The lowest BCUT2D eigenvalue weighted by Crippen LogP contribution is -2.19. The summed E-state index contributed by atoms with van der Waals surface area (Å²) in [4.78, 5) is 12.5. The topological polar surface area (TPSA) is 69.2 Å². The summed E-state index contributed by atoms with van der Waals surface area (Å²) >= 11 is 0. The molecule has 2 rings (SSSR count). The highest BCUT2D eigenvalue weighted by Crippen LogP contribution is 2.38. The van der Waals surface area contributed by atoms with Crippen LogP contribution >= 0.6 is 0 Å². The second kappa shape index (κ2) is 8.78. The van der Waals surface area contributed by atoms with Gasteiger partial charge in [-0.1, -0.05) is 45.0 Å². The van der Waals surface area contributed by atoms with E-state index in [4.69, 9.17) is 14.2 Å². The van der Waals surface area contributed by atoms with Crippen LogP contribution in [0.5, 0.6) is 17.2 Å². The average molecular weight is 384 g/mol. The van der Waals surface area contributed by atoms with Gasteiger partial charge in [0.2, 0.25) is 5.75 Å². The Bertz CT molecular complexity index is 840. The molecular weight excluding hydrogens is 356 g/mol. The molecule has 1 N–H and O–H groups in total. The first-order valence-electron chi connectivity index (χ1n) is 8.96. The zero-order chi connectivity index (χ0) is 20.9. The van der Waals surface area contributed by atoms with Crippen LogP contribution in [0.2, 0.25) is 0 Å². The van der Waals surface area contributed by atoms with Crippen molar-refractivity contribution in [2.45, 2.75) is 33.1 Å². The number of ether oxygens (including phenoxy) is 3. The molecule has 28 heavy (non-hydrogen) atoms. The minimum absolute atomic E-state index is 0.0876. The third kappa shape index (κ3) is 4.82. The van der Waals surface area contributed by atoms with Crippen LogP contribution in [0.4, 0.5) is 0 Å². The van der Waals surface area contributed by atoms with Crippen molar-refractivity contribution in [2.75, 3.05) is 21.3 Å². The molecule has 0 bridgehead atoms. The molecule has 0 saturated carbocycles. The van der Waals surface area contributed by atoms with E-state index in [2.05, 4.69) is 43.4 Å². The number of nitrogens with one attached hydrogen (secondary N) is 1. The number of hydrogen-bond donors (Lipinski definition) is 1. The highest BCUT2D eigenvalue weighted by molar-refractivity contribution is 6.01. The lowest BCUT2D eigenvalue weighted by atomic mass is 9.86. The molecule has 6 nitrogen and oxygen atoms in total. The van der Waals surface area contributed by atoms with Crippen molar-refractivity contribution >= 4 is 11.6 Å². The number of benzene rings is 2. The minimum Gasteiger partial charge on any atom is -0.493 e. The summed E-state index contributed by atoms with van der Waals surface area (Å²) in [5.74, 6) is 0.876. The summed E-state index contributed by atoms with van der Waals surface area (Å²) in [5, 5.41) is 4.22. The number of nitrogens with zero attached hydrogens (tertiary/aromatic N) is 1. The second-order valence-corrected chi connectivity index (χ2v) is 7.38. The van der Waals surface area contributed by atoms with Crippen molar-refractivity contribution in [3.63, 3.8) is 0 Å². The van der Waals surface area contributed by atoms with Crippen LogP contribution in [-0.2, 0) is 5.41 Å². The Morgan fingerprint density at radius 3 is 1.86 bits per heavy atom. The third-order valence-electron chi connectivity index (χ3n) is 4.42. The van der Waals surface area contributed by atoms with Crippen molar-refractivity contribution in [1.82, 2.24) is 5.43 Å². The Morgan fingerprint density at radius 1 is 0.893 bits per heavy atom. The van der Waals surface area contributed by atoms with Crippen LogP contribution in [0.1, 0.15) is 49.2 Å². The Hall–Kier alpha value is -3.02. The largest absolute Gasteiger partial charge is 0.493 e. The SMILES string of the molecule is COc1cc(C(=O)N/N=C(/C)c2ccc(C(C)(C)C)cc2)cc(OC)c1OC. The molecule has 0 spiro atoms. The van der Waals surface area contributed by atoms with Crippen molar-refractivity contribution in [2.24, 2.45) is 5.10 Å². The molecule has 1 amide bonds. The smallest absolute Gasteiger partial charge is 0.271 e. The maximum absolute atomic E-state index is 12.5. The van der Waals surface area contributed by atoms with Gasteiger partial charge >= 0.3 is 0 Å². The van der Waals surface area contributed by atoms with Gasteiger partial charge in [-0.25, -0.2) is 5.43 Å². The second-order valence-electron chi connectivity index (χ2n) is 7.38. The Kier molecular flexibility index (Phi) is 6.67. The predicted octanol–water partition coefficient (Wildman–Crippen LogP) is 4.16. The summed E-state index contributed by atoms with van der Waals surface area (Å²) < 4.78 is 15.8. The Balaban J connectivity index is 2.20. The maximum Gasteiger partial charge on any atom is 0.271 e. The van der Waals surface area contributed by atoms with E-state index in [1.54, 1.807) is 12.1 Å². The van der Waals surface area contributed by atoms with Crippen LogP contribution in [-0.4, -0.2) is 32.9 Å². The third-order valence-corrected chi connectivity index (χ3v) is 4.42. The summed E-state index contributed by atoms with van der Waals surface area (Å²) in [6.45, 7) is 8.35. The van der Waals surface area contributed by atoms with Gasteiger partial charge in [-0.15, -0.1) is 0 Å². The van der Waals surface area contributed by atoms with Gasteiger partial charge in [-0.2, -0.15) is 5.10 Å². The van der Waals surface area contributed by atoms with E-state index in [0.29, 0.717) is 28.5 Å². The van der Waals surface area contributed by atoms with Crippen molar-refractivity contribution in [3.8, 4) is 17.2 Å². The van der Waals surface area contributed by atoms with Gasteiger partial charge in [-0.3, -0.25) is 4.79 Å². The molecule has 6 heteroatoms. The van der Waals surface area contributed by atoms with Crippen LogP contribution in [0, 0.1) is 0 Å². The number of methoxy groups -OCH3 is 3. The summed E-state index contributed by atoms with van der Waals surface area (Å²) in [5.41, 5.74) is 5.92. The highest BCUT2D eigenvalue weighted by Gasteiger charge is 2.17. The molecule has 2 aromatic rings. The number of hydrogen-bond acceptors (Lipinski definition) is 5. The van der Waals surface area contributed by atoms with Gasteiger partial charge in [-0.05, 0) is 35.6 Å². The molecule has 0 aromatic heterocycles. The van der Waals surface area contributed by atoms with Crippen molar-refractivity contribution in [1.29, 1.82) is 0 Å². The van der Waals surface area contributed by atoms with E-state index in [9.17, 15) is 4.79 Å². The highest BCUT2D eigenvalue weighted by atomic mass is 16.5. The summed E-state index contributed by atoms with van der Waals surface area (Å²) in [7, 11) is 4.52. The molecule has 0 saturated heterocycles. The average Bonchev–Trinajstić information content (AvgIpc) is 2.69. The first kappa shape index (κ1) is 21.3. The molecule has 0 aliphatic carbocycles. The Labute approximate surface area is 166 Å². The van der Waals surface area contributed by atoms with Crippen LogP contribution in [0.15, 0.2) is 41.5 Å². The van der Waals surface area contributed by atoms with Crippen LogP contribution in [0.3, 0.4) is 0 Å². The molecule has 0 radical (unpaired) electrons. The molecule has 150 valence electrons. The Morgan fingerprint density at radius 2 is 1.43 bits per heavy atom. The standard InChI is InChI=1S/C22H28N2O4/c1-14(15-8-10-17(11-9-15)22(2,3)4)23-24-21(25)16-12-18(26-5)20(28-7)19(13-16)27-6/h8-13H,1-7H3,(H,24,25)/b23-14-. The fraction of sp³-hybridized carbons (Fsp3) is 0.364. The first-order chi connectivity index (χ1) is 13.2. The van der Waals surface area contributed by atoms with Crippen molar-refractivity contribution in [3.05, 3.63) is 53.1 Å². The number of amides is 1. The molecule has 0 aliphatic heterocycles. The van der Waals surface area contributed by atoms with Crippen LogP contribution < -0.4 is 19.6 Å². The van der Waals surface area contributed by atoms with Gasteiger partial charge < -0.3 is 14.2 Å². The summed E-state index contributed by atoms with van der Waals surface area (Å²) in [6.07, 6.45) is 0. The van der Waals surface area contributed by atoms with E-state index in [1.165, 1.54) is 26.9 Å². The van der Waals surface area contributed by atoms with E-state index in [-0.39, 0.29) is 11.3 Å². The summed E-state index contributed by atoms with van der Waals surface area (Å²) in [6, 6.07) is 11.3. The van der Waals surface area contributed by atoms with Gasteiger partial charge in [0.05, 0.1) is 27.0 Å². The fourth-order valence-corrected chi connectivity index (χ4v) is 2.69. The quantitative estimate of drug-likeness (QED) is 0.600. The normalized spacial score (nSPS) is 11.8. The zero-order valence-electron chi connectivity index (χ0n) is 17.5. The van der Waals surface area contributed by atoms with Gasteiger partial charge in [0.25, 0.3) is 5.91 Å². The fourth-order valence-electron chi connectivity index (χ4n) is 2.69. The maximum atomic E-state index is 12.5. The predicted molar refractivity (Wildman–Crippen MR) is 111 cm³/mol. The minimum atomic E-state index is -0.370. The molecule has 0 unspecified atom stereocenters. The van der Waals surface area contributed by atoms with Gasteiger partial charge in [0, 0.05) is 5.56 Å². The van der Waals surface area contributed by atoms with Crippen molar-refractivity contribution < 1.29 is 19.0 Å². The van der Waals surface area contributed by atoms with E-state index >= 15 is 0 Å². The lowest BCUT2D eigenvalue weighted by Gasteiger charge is -2.19. The molecule has 0 atom stereocenters. The number of carbonyl (C=O) groups excluding carboxylic acids is 1. The zero-order valence-corrected chi connectivity index (χ0v) is 17.5. The lowest BCUT2D eigenvalue weighted by molar-refractivity contribution is 0.0954. The van der Waals surface area contributed by atoms with E-state index < -0.39 is 0 Å². The van der Waals surface area contributed by atoms with E-state index in [0.717, 1.165) is 5.56 Å². The van der Waals surface area contributed by atoms with Crippen LogP contribution in [0.25, 0.3) is 0 Å². The van der Waals surface area contributed by atoms with Gasteiger partial charge in [0.15, 0.2) is 11.5 Å². The molecule has 0 aliphatic rings. The number of rotatable bonds is 6. The monoisotopic (exact) mass is 384 g/mol. The number of hydrazone groups is 1. The van der Waals surface area contributed by atoms with Gasteiger partial charge in [0.1, 0.15) is 0 Å². The molecule has 0 heterocycles. The first-order valence-corrected chi connectivity index (χ1v) is 8.96. The molecule has 0 fully saturated rings. The molecule has 2 aromatic carbocycles. The molecular formula is C22H28N2O4.